The number of nitrogens with one attached hydrogen (secondary N) is 2. The molecule has 2 amide bonds. The second-order valence-electron chi connectivity index (χ2n) is 8.34. The summed E-state index contributed by atoms with van der Waals surface area (Å²) in [7, 11) is 1.35. The summed E-state index contributed by atoms with van der Waals surface area (Å²) >= 11 is 0. The molecule has 1 aliphatic rings. The molecule has 0 bridgehead atoms. The minimum absolute atomic E-state index is 0.0707. The summed E-state index contributed by atoms with van der Waals surface area (Å²) in [5, 5.41) is 4.50. The zero-order valence-corrected chi connectivity index (χ0v) is 20.1. The lowest BCUT2D eigenvalue weighted by molar-refractivity contribution is -0.167. The second-order valence-corrected chi connectivity index (χ2v) is 8.34. The number of hydrogen-bond donors (Lipinski definition) is 2. The van der Waals surface area contributed by atoms with Crippen molar-refractivity contribution < 1.29 is 41.0 Å². The van der Waals surface area contributed by atoms with Crippen molar-refractivity contribution in [3.8, 4) is 5.88 Å². The van der Waals surface area contributed by atoms with E-state index in [1.54, 1.807) is 6.07 Å². The third-order valence-electron chi connectivity index (χ3n) is 5.72. The number of hydrogen-bond acceptors (Lipinski definition) is 7. The maximum absolute atomic E-state index is 15.0. The van der Waals surface area contributed by atoms with Crippen molar-refractivity contribution in [1.82, 2.24) is 15.3 Å². The molecule has 4 rings (SSSR count). The Balaban J connectivity index is 1.66. The molecule has 0 radical (unpaired) electrons. The first-order chi connectivity index (χ1) is 18.5. The maximum Gasteiger partial charge on any atom is 0.411 e. The first-order valence-corrected chi connectivity index (χ1v) is 11.3. The van der Waals surface area contributed by atoms with Gasteiger partial charge in [0.15, 0.2) is 11.6 Å². The normalized spacial score (nSPS) is 18.9. The number of rotatable bonds is 6. The predicted octanol–water partition coefficient (Wildman–Crippen LogP) is 4.18. The predicted molar refractivity (Wildman–Crippen MR) is 127 cm³/mol. The number of carbonyl (C=O) groups excluding carboxylic acids is 2. The third-order valence-corrected chi connectivity index (χ3v) is 5.72. The summed E-state index contributed by atoms with van der Waals surface area (Å²) < 4.78 is 81.3. The number of aliphatic imine (C=N–C) groups is 1. The Morgan fingerprint density at radius 2 is 1.82 bits per heavy atom. The van der Waals surface area contributed by atoms with E-state index in [-0.39, 0.29) is 22.8 Å². The molecule has 3 aromatic rings. The van der Waals surface area contributed by atoms with Gasteiger partial charge in [0, 0.05) is 23.2 Å². The van der Waals surface area contributed by atoms with Gasteiger partial charge >= 0.3 is 6.18 Å². The van der Waals surface area contributed by atoms with Crippen molar-refractivity contribution >= 4 is 23.5 Å². The minimum atomic E-state index is -4.97. The average Bonchev–Trinajstić information content (AvgIpc) is 2.93. The fourth-order valence-electron chi connectivity index (χ4n) is 3.76. The first-order valence-electron chi connectivity index (χ1n) is 11.3. The van der Waals surface area contributed by atoms with E-state index in [0.717, 1.165) is 24.4 Å². The van der Waals surface area contributed by atoms with Gasteiger partial charge in [0.05, 0.1) is 19.5 Å². The van der Waals surface area contributed by atoms with Gasteiger partial charge in [0.1, 0.15) is 18.2 Å². The van der Waals surface area contributed by atoms with Gasteiger partial charge in [-0.2, -0.15) is 13.2 Å². The molecule has 0 fully saturated rings. The molecule has 2 heterocycles. The third kappa shape index (κ3) is 6.10. The van der Waals surface area contributed by atoms with Crippen LogP contribution >= 0.6 is 0 Å². The molecule has 0 spiro atoms. The van der Waals surface area contributed by atoms with Crippen molar-refractivity contribution in [1.29, 1.82) is 0 Å². The Labute approximate surface area is 218 Å². The smallest absolute Gasteiger partial charge is 0.411 e. The van der Waals surface area contributed by atoms with E-state index in [9.17, 15) is 27.2 Å². The number of benzene rings is 2. The lowest BCUT2D eigenvalue weighted by Gasteiger charge is -2.39. The van der Waals surface area contributed by atoms with Crippen LogP contribution < -0.4 is 15.4 Å². The summed E-state index contributed by atoms with van der Waals surface area (Å²) in [5.41, 5.74) is -3.33. The Morgan fingerprint density at radius 3 is 2.44 bits per heavy atom. The van der Waals surface area contributed by atoms with E-state index in [2.05, 4.69) is 25.6 Å². The highest BCUT2D eigenvalue weighted by molar-refractivity contribution is 6.04. The van der Waals surface area contributed by atoms with Crippen molar-refractivity contribution in [2.24, 2.45) is 4.99 Å². The standard InChI is InChI=1S/C25H20F5N5O4/c1-38-20-12-31-18(11-32-20)22(37)33-15-7-8-17(27)16(9-15)24(13-26)10-19(25(28,29)30)34-23(39-24)35-21(36)14-5-3-2-4-6-14/h2-9,11-12,19H,10,13H2,1H3,(H,33,37)(H,34,35,36)/t19-,24-/m1/s1. The SMILES string of the molecule is COc1cnc(C(=O)Nc2ccc(F)c([C@]3(CF)C[C@H](C(F)(F)F)N=C(NC(=O)c4ccccc4)O3)c2)cn1. The lowest BCUT2D eigenvalue weighted by Crippen LogP contribution is -2.51. The highest BCUT2D eigenvalue weighted by Crippen LogP contribution is 2.42. The summed E-state index contributed by atoms with van der Waals surface area (Å²) in [6, 6.07) is 6.89. The largest absolute Gasteiger partial charge is 0.480 e. The molecule has 1 aliphatic heterocycles. The van der Waals surface area contributed by atoms with Crippen molar-refractivity contribution in [3.05, 3.63) is 83.6 Å². The monoisotopic (exact) mass is 549 g/mol. The van der Waals surface area contributed by atoms with Crippen LogP contribution in [-0.4, -0.2) is 53.8 Å². The lowest BCUT2D eigenvalue weighted by atomic mass is 9.86. The number of carbonyl (C=O) groups is 2. The summed E-state index contributed by atoms with van der Waals surface area (Å²) in [6.45, 7) is -1.61. The summed E-state index contributed by atoms with van der Waals surface area (Å²) in [4.78, 5) is 36.2. The van der Waals surface area contributed by atoms with Crippen molar-refractivity contribution in [3.63, 3.8) is 0 Å². The molecular formula is C25H20F5N5O4. The number of amides is 2. The molecule has 9 nitrogen and oxygen atoms in total. The van der Waals surface area contributed by atoms with Crippen LogP contribution in [0.3, 0.4) is 0 Å². The van der Waals surface area contributed by atoms with Gasteiger partial charge in [-0.05, 0) is 30.3 Å². The quantitative estimate of drug-likeness (QED) is 0.446. The molecule has 0 aliphatic carbocycles. The van der Waals surface area contributed by atoms with Gasteiger partial charge < -0.3 is 14.8 Å². The Bertz CT molecular complexity index is 1390. The average molecular weight is 549 g/mol. The molecule has 0 saturated heterocycles. The first kappa shape index (κ1) is 27.4. The van der Waals surface area contributed by atoms with Crippen LogP contribution in [0.25, 0.3) is 0 Å². The molecule has 0 unspecified atom stereocenters. The molecule has 39 heavy (non-hydrogen) atoms. The van der Waals surface area contributed by atoms with Crippen LogP contribution in [0.2, 0.25) is 0 Å². The van der Waals surface area contributed by atoms with Crippen molar-refractivity contribution in [2.75, 3.05) is 19.1 Å². The van der Waals surface area contributed by atoms with Crippen LogP contribution in [0.15, 0.2) is 65.9 Å². The molecule has 2 N–H and O–H groups in total. The summed E-state index contributed by atoms with van der Waals surface area (Å²) in [5.74, 6) is -2.61. The van der Waals surface area contributed by atoms with Crippen LogP contribution in [-0.2, 0) is 10.3 Å². The molecule has 2 atom stereocenters. The van der Waals surface area contributed by atoms with Gasteiger partial charge in [0.2, 0.25) is 5.88 Å². The number of anilines is 1. The molecule has 14 heteroatoms. The van der Waals surface area contributed by atoms with Gasteiger partial charge in [-0.3, -0.25) is 14.9 Å². The van der Waals surface area contributed by atoms with Gasteiger partial charge in [-0.25, -0.2) is 23.7 Å². The van der Waals surface area contributed by atoms with Gasteiger partial charge in [-0.15, -0.1) is 0 Å². The number of nitrogens with zero attached hydrogens (tertiary/aromatic N) is 3. The highest BCUT2D eigenvalue weighted by atomic mass is 19.4. The van der Waals surface area contributed by atoms with E-state index >= 15 is 4.39 Å². The number of ether oxygens (including phenoxy) is 2. The molecule has 0 saturated carbocycles. The van der Waals surface area contributed by atoms with E-state index in [1.807, 2.05) is 0 Å². The Morgan fingerprint density at radius 1 is 1.08 bits per heavy atom. The van der Waals surface area contributed by atoms with Gasteiger partial charge in [0.25, 0.3) is 17.8 Å². The highest BCUT2D eigenvalue weighted by Gasteiger charge is 2.52. The number of methoxy groups -OCH3 is 1. The van der Waals surface area contributed by atoms with Crippen LogP contribution in [0, 0.1) is 5.82 Å². The molecular weight excluding hydrogens is 529 g/mol. The molecule has 1 aromatic heterocycles. The zero-order chi connectivity index (χ0) is 28.2. The molecule has 204 valence electrons. The number of alkyl halides is 4. The van der Waals surface area contributed by atoms with E-state index in [4.69, 9.17) is 9.47 Å². The van der Waals surface area contributed by atoms with Crippen molar-refractivity contribution in [2.45, 2.75) is 24.2 Å². The zero-order valence-electron chi connectivity index (χ0n) is 20.1. The van der Waals surface area contributed by atoms with E-state index in [0.29, 0.717) is 0 Å². The van der Waals surface area contributed by atoms with Gasteiger partial charge in [-0.1, -0.05) is 18.2 Å². The van der Waals surface area contributed by atoms with E-state index < -0.39 is 60.1 Å². The second kappa shape index (κ2) is 11.0. The molecule has 2 aromatic carbocycles. The fraction of sp³-hybridized carbons (Fsp3) is 0.240. The number of halogens is 5. The maximum atomic E-state index is 15.0. The number of amidine groups is 1. The van der Waals surface area contributed by atoms with Crippen LogP contribution in [0.1, 0.15) is 32.8 Å². The van der Waals surface area contributed by atoms with E-state index in [1.165, 1.54) is 37.6 Å². The fourth-order valence-corrected chi connectivity index (χ4v) is 3.76. The minimum Gasteiger partial charge on any atom is -0.480 e. The Kier molecular flexibility index (Phi) is 7.74. The Hall–Kier alpha value is -4.62. The number of aromatic nitrogens is 2. The van der Waals surface area contributed by atoms with Crippen LogP contribution in [0.5, 0.6) is 5.88 Å². The topological polar surface area (TPSA) is 115 Å². The summed E-state index contributed by atoms with van der Waals surface area (Å²) in [6.07, 6.45) is -3.81. The van der Waals surface area contributed by atoms with Crippen LogP contribution in [0.4, 0.5) is 27.6 Å².